The van der Waals surface area contributed by atoms with Crippen LogP contribution in [0.1, 0.15) is 19.8 Å². The maximum atomic E-state index is 4.48. The van der Waals surface area contributed by atoms with E-state index >= 15 is 0 Å². The second-order valence-corrected chi connectivity index (χ2v) is 4.92. The lowest BCUT2D eigenvalue weighted by molar-refractivity contribution is 0.608. The zero-order chi connectivity index (χ0) is 11.0. The van der Waals surface area contributed by atoms with Gasteiger partial charge < -0.3 is 5.32 Å². The first-order valence-corrected chi connectivity index (χ1v) is 5.71. The molecular formula is C13H15N3. The molecule has 1 N–H and O–H groups in total. The van der Waals surface area contributed by atoms with Crippen LogP contribution in [0.5, 0.6) is 0 Å². The topological polar surface area (TPSA) is 37.8 Å². The summed E-state index contributed by atoms with van der Waals surface area (Å²) in [5, 5.41) is 4.41. The van der Waals surface area contributed by atoms with E-state index in [9.17, 15) is 0 Å². The molecule has 1 aromatic heterocycles. The van der Waals surface area contributed by atoms with Crippen molar-refractivity contribution in [3.63, 3.8) is 0 Å². The number of fused-ring (bicyclic) bond motifs is 1. The largest absolute Gasteiger partial charge is 0.354 e. The average molecular weight is 213 g/mol. The molecule has 1 aliphatic carbocycles. The molecule has 1 aliphatic rings. The molecule has 1 heterocycles. The summed E-state index contributed by atoms with van der Waals surface area (Å²) in [4.78, 5) is 8.80. The molecule has 1 saturated carbocycles. The zero-order valence-electron chi connectivity index (χ0n) is 9.40. The molecule has 3 rings (SSSR count). The lowest BCUT2D eigenvalue weighted by Crippen LogP contribution is -2.13. The highest BCUT2D eigenvalue weighted by atomic mass is 15.1. The lowest BCUT2D eigenvalue weighted by Gasteiger charge is -2.09. The van der Waals surface area contributed by atoms with Gasteiger partial charge in [0, 0.05) is 18.1 Å². The van der Waals surface area contributed by atoms with Gasteiger partial charge in [0.2, 0.25) is 5.95 Å². The third-order valence-electron chi connectivity index (χ3n) is 3.27. The van der Waals surface area contributed by atoms with Crippen molar-refractivity contribution in [2.75, 3.05) is 11.9 Å². The van der Waals surface area contributed by atoms with Crippen LogP contribution < -0.4 is 5.32 Å². The fourth-order valence-corrected chi connectivity index (χ4v) is 1.74. The Labute approximate surface area is 94.9 Å². The summed E-state index contributed by atoms with van der Waals surface area (Å²) in [7, 11) is 0. The highest BCUT2D eigenvalue weighted by Gasteiger charge is 2.36. The van der Waals surface area contributed by atoms with Crippen LogP contribution in [0.25, 0.3) is 10.9 Å². The normalized spacial score (nSPS) is 17.3. The smallest absolute Gasteiger partial charge is 0.223 e. The van der Waals surface area contributed by atoms with Gasteiger partial charge in [0.25, 0.3) is 0 Å². The molecule has 3 heteroatoms. The summed E-state index contributed by atoms with van der Waals surface area (Å²) in [5.41, 5.74) is 1.48. The number of rotatable bonds is 3. The highest BCUT2D eigenvalue weighted by Crippen LogP contribution is 2.44. The first-order valence-electron chi connectivity index (χ1n) is 5.71. The molecule has 0 saturated heterocycles. The fourth-order valence-electron chi connectivity index (χ4n) is 1.74. The Morgan fingerprint density at radius 3 is 2.94 bits per heavy atom. The van der Waals surface area contributed by atoms with Crippen LogP contribution in [0, 0.1) is 5.41 Å². The van der Waals surface area contributed by atoms with Gasteiger partial charge >= 0.3 is 0 Å². The van der Waals surface area contributed by atoms with Gasteiger partial charge in [0.05, 0.1) is 5.52 Å². The molecule has 2 aromatic rings. The van der Waals surface area contributed by atoms with Crippen molar-refractivity contribution in [2.45, 2.75) is 19.8 Å². The molecule has 1 fully saturated rings. The summed E-state index contributed by atoms with van der Waals surface area (Å²) >= 11 is 0. The molecule has 82 valence electrons. The number of hydrogen-bond acceptors (Lipinski definition) is 3. The van der Waals surface area contributed by atoms with E-state index in [0.29, 0.717) is 5.41 Å². The third kappa shape index (κ3) is 1.85. The number of anilines is 1. The first-order chi connectivity index (χ1) is 7.75. The average Bonchev–Trinajstić information content (AvgIpc) is 3.05. The number of aromatic nitrogens is 2. The van der Waals surface area contributed by atoms with E-state index in [4.69, 9.17) is 0 Å². The molecule has 0 amide bonds. The van der Waals surface area contributed by atoms with Gasteiger partial charge in [-0.3, -0.25) is 0 Å². The van der Waals surface area contributed by atoms with Crippen LogP contribution in [0.4, 0.5) is 5.95 Å². The quantitative estimate of drug-likeness (QED) is 0.852. The Morgan fingerprint density at radius 1 is 1.31 bits per heavy atom. The SMILES string of the molecule is CC1(CNc2ncc3ccccc3n2)CC1. The van der Waals surface area contributed by atoms with Crippen molar-refractivity contribution in [1.82, 2.24) is 9.97 Å². The molecule has 0 atom stereocenters. The van der Waals surface area contributed by atoms with Crippen LogP contribution in [0.3, 0.4) is 0 Å². The number of para-hydroxylation sites is 1. The van der Waals surface area contributed by atoms with Crippen molar-refractivity contribution in [2.24, 2.45) is 5.41 Å². The zero-order valence-corrected chi connectivity index (χ0v) is 9.40. The van der Waals surface area contributed by atoms with Gasteiger partial charge in [-0.2, -0.15) is 0 Å². The first kappa shape index (κ1) is 9.58. The Bertz CT molecular complexity index is 517. The number of nitrogens with one attached hydrogen (secondary N) is 1. The predicted molar refractivity (Wildman–Crippen MR) is 65.4 cm³/mol. The molecule has 0 spiro atoms. The molecule has 0 unspecified atom stereocenters. The monoisotopic (exact) mass is 213 g/mol. The minimum absolute atomic E-state index is 0.481. The molecule has 3 nitrogen and oxygen atoms in total. The van der Waals surface area contributed by atoms with Crippen LogP contribution >= 0.6 is 0 Å². The number of hydrogen-bond donors (Lipinski definition) is 1. The Kier molecular flexibility index (Phi) is 2.06. The molecule has 1 aromatic carbocycles. The van der Waals surface area contributed by atoms with E-state index in [1.165, 1.54) is 12.8 Å². The number of benzene rings is 1. The lowest BCUT2D eigenvalue weighted by atomic mass is 10.1. The minimum atomic E-state index is 0.481. The van der Waals surface area contributed by atoms with Crippen LogP contribution in [0.15, 0.2) is 30.5 Å². The highest BCUT2D eigenvalue weighted by molar-refractivity contribution is 5.78. The Hall–Kier alpha value is -1.64. The van der Waals surface area contributed by atoms with Gasteiger partial charge in [-0.15, -0.1) is 0 Å². The van der Waals surface area contributed by atoms with E-state index in [2.05, 4.69) is 22.2 Å². The summed E-state index contributed by atoms with van der Waals surface area (Å²) in [6.07, 6.45) is 4.50. The fraction of sp³-hybridized carbons (Fsp3) is 0.385. The number of nitrogens with zero attached hydrogens (tertiary/aromatic N) is 2. The van der Waals surface area contributed by atoms with Crippen molar-refractivity contribution in [3.8, 4) is 0 Å². The van der Waals surface area contributed by atoms with Crippen LogP contribution in [-0.2, 0) is 0 Å². The maximum absolute atomic E-state index is 4.48. The van der Waals surface area contributed by atoms with Gasteiger partial charge in [-0.1, -0.05) is 25.1 Å². The molecule has 0 radical (unpaired) electrons. The van der Waals surface area contributed by atoms with E-state index in [0.717, 1.165) is 23.4 Å². The van der Waals surface area contributed by atoms with Crippen molar-refractivity contribution < 1.29 is 0 Å². The van der Waals surface area contributed by atoms with Gasteiger partial charge in [0.1, 0.15) is 0 Å². The predicted octanol–water partition coefficient (Wildman–Crippen LogP) is 2.84. The third-order valence-corrected chi connectivity index (χ3v) is 3.27. The summed E-state index contributed by atoms with van der Waals surface area (Å²) < 4.78 is 0. The van der Waals surface area contributed by atoms with Crippen molar-refractivity contribution >= 4 is 16.9 Å². The second kappa shape index (κ2) is 3.44. The Morgan fingerprint density at radius 2 is 2.12 bits per heavy atom. The molecular weight excluding hydrogens is 198 g/mol. The maximum Gasteiger partial charge on any atom is 0.223 e. The van der Waals surface area contributed by atoms with E-state index in [1.54, 1.807) is 0 Å². The van der Waals surface area contributed by atoms with E-state index in [-0.39, 0.29) is 0 Å². The summed E-state index contributed by atoms with van der Waals surface area (Å²) in [6.45, 7) is 3.27. The van der Waals surface area contributed by atoms with E-state index < -0.39 is 0 Å². The molecule has 0 bridgehead atoms. The van der Waals surface area contributed by atoms with Crippen LogP contribution in [-0.4, -0.2) is 16.5 Å². The molecule has 16 heavy (non-hydrogen) atoms. The summed E-state index contributed by atoms with van der Waals surface area (Å²) in [6, 6.07) is 8.05. The van der Waals surface area contributed by atoms with Crippen molar-refractivity contribution in [3.05, 3.63) is 30.5 Å². The van der Waals surface area contributed by atoms with Crippen molar-refractivity contribution in [1.29, 1.82) is 0 Å². The standard InChI is InChI=1S/C13H15N3/c1-13(6-7-13)9-15-12-14-8-10-4-2-3-5-11(10)16-12/h2-5,8H,6-7,9H2,1H3,(H,14,15,16). The van der Waals surface area contributed by atoms with Crippen LogP contribution in [0.2, 0.25) is 0 Å². The van der Waals surface area contributed by atoms with E-state index in [1.807, 2.05) is 30.5 Å². The van der Waals surface area contributed by atoms with Gasteiger partial charge in [0.15, 0.2) is 0 Å². The van der Waals surface area contributed by atoms with Gasteiger partial charge in [-0.05, 0) is 24.3 Å². The minimum Gasteiger partial charge on any atom is -0.354 e. The summed E-state index contributed by atoms with van der Waals surface area (Å²) in [5.74, 6) is 0.742. The second-order valence-electron chi connectivity index (χ2n) is 4.92. The Balaban J connectivity index is 1.81. The molecule has 0 aliphatic heterocycles. The van der Waals surface area contributed by atoms with Gasteiger partial charge in [-0.25, -0.2) is 9.97 Å².